The summed E-state index contributed by atoms with van der Waals surface area (Å²) < 4.78 is 5.40. The number of hydrogen-bond acceptors (Lipinski definition) is 5. The summed E-state index contributed by atoms with van der Waals surface area (Å²) in [7, 11) is 0. The molecular weight excluding hydrogens is 330 g/mol. The van der Waals surface area contributed by atoms with Crippen LogP contribution >= 0.6 is 0 Å². The number of ether oxygens (including phenoxy) is 1. The minimum absolute atomic E-state index is 0.154. The molecular formula is C8H17AsO5Se. The third-order valence-electron chi connectivity index (χ3n) is 2.16. The zero-order chi connectivity index (χ0) is 11.6. The second-order valence-electron chi connectivity index (χ2n) is 3.62. The molecule has 0 radical (unpaired) electrons. The Balaban J connectivity index is 2.65. The van der Waals surface area contributed by atoms with Crippen molar-refractivity contribution >= 4 is 25.7 Å². The first kappa shape index (κ1) is 13.9. The van der Waals surface area contributed by atoms with Crippen molar-refractivity contribution < 1.29 is 25.2 Å². The number of rotatable bonds is 3. The van der Waals surface area contributed by atoms with E-state index < -0.39 is 42.2 Å². The molecule has 0 aromatic rings. The number of hydrogen-bond donors (Lipinski definition) is 4. The third-order valence-corrected chi connectivity index (χ3v) is 11.2. The fourth-order valence-corrected chi connectivity index (χ4v) is 9.67. The van der Waals surface area contributed by atoms with Gasteiger partial charge in [-0.1, -0.05) is 0 Å². The van der Waals surface area contributed by atoms with Gasteiger partial charge in [-0.15, -0.1) is 0 Å². The summed E-state index contributed by atoms with van der Waals surface area (Å²) in [6.07, 6.45) is -4.22. The Morgan fingerprint density at radius 3 is 2.20 bits per heavy atom. The molecule has 7 heteroatoms. The molecule has 1 aliphatic rings. The Hall–Kier alpha value is 0.878. The Labute approximate surface area is 98.3 Å². The molecule has 1 rings (SSSR count). The van der Waals surface area contributed by atoms with Gasteiger partial charge in [0.05, 0.1) is 0 Å². The van der Waals surface area contributed by atoms with Crippen molar-refractivity contribution in [2.45, 2.75) is 40.8 Å². The van der Waals surface area contributed by atoms with Gasteiger partial charge in [-0.3, -0.25) is 0 Å². The van der Waals surface area contributed by atoms with Crippen LogP contribution in [0.1, 0.15) is 0 Å². The predicted molar refractivity (Wildman–Crippen MR) is 57.0 cm³/mol. The molecule has 0 aromatic heterocycles. The molecule has 90 valence electrons. The number of aliphatic hydroxyl groups excluding tert-OH is 4. The van der Waals surface area contributed by atoms with E-state index in [1.54, 1.807) is 0 Å². The summed E-state index contributed by atoms with van der Waals surface area (Å²) in [6, 6.07) is 0. The Bertz CT molecular complexity index is 203. The molecule has 1 fully saturated rings. The summed E-state index contributed by atoms with van der Waals surface area (Å²) in [5.41, 5.74) is 4.29. The standard InChI is InChI=1S/C8H17AsO5Se/c1-9(2)15-8-7(13)6(12)5(11)4(3-10)14-8/h4-8,10-13H,3H2,1-2H3. The molecule has 1 heterocycles. The van der Waals surface area contributed by atoms with Crippen LogP contribution in [-0.4, -0.2) is 82.2 Å². The van der Waals surface area contributed by atoms with Gasteiger partial charge in [0, 0.05) is 0 Å². The van der Waals surface area contributed by atoms with Crippen molar-refractivity contribution in [1.29, 1.82) is 0 Å². The normalized spacial score (nSPS) is 42.2. The molecule has 5 unspecified atom stereocenters. The topological polar surface area (TPSA) is 90.2 Å². The minimum atomic E-state index is -1.21. The van der Waals surface area contributed by atoms with Crippen LogP contribution in [-0.2, 0) is 4.74 Å². The van der Waals surface area contributed by atoms with Crippen molar-refractivity contribution in [1.82, 2.24) is 0 Å². The van der Waals surface area contributed by atoms with E-state index in [-0.39, 0.29) is 19.6 Å². The zero-order valence-corrected chi connectivity index (χ0v) is 12.2. The third kappa shape index (κ3) is 3.42. The first-order valence-corrected chi connectivity index (χ1v) is 14.1. The molecule has 0 saturated carbocycles. The monoisotopic (exact) mass is 348 g/mol. The van der Waals surface area contributed by atoms with E-state index in [0.717, 1.165) is 0 Å². The van der Waals surface area contributed by atoms with Crippen molar-refractivity contribution in [3.63, 3.8) is 0 Å². The Morgan fingerprint density at radius 2 is 1.73 bits per heavy atom. The number of aliphatic hydroxyl groups is 4. The van der Waals surface area contributed by atoms with E-state index >= 15 is 0 Å². The molecule has 5 atom stereocenters. The first-order valence-electron chi connectivity index (χ1n) is 4.62. The van der Waals surface area contributed by atoms with Crippen LogP contribution in [0.3, 0.4) is 0 Å². The molecule has 4 N–H and O–H groups in total. The second kappa shape index (κ2) is 5.99. The predicted octanol–water partition coefficient (Wildman–Crippen LogP) is -2.26. The SMILES string of the molecule is C[As](C)[Se]C1OC(CO)C(O)C(O)C1O. The van der Waals surface area contributed by atoms with Crippen molar-refractivity contribution in [2.75, 3.05) is 6.61 Å². The van der Waals surface area contributed by atoms with E-state index in [1.807, 2.05) is 0 Å². The van der Waals surface area contributed by atoms with Gasteiger partial charge in [-0.05, 0) is 0 Å². The first-order chi connectivity index (χ1) is 6.97. The average molecular weight is 347 g/mol. The Morgan fingerprint density at radius 1 is 1.13 bits per heavy atom. The maximum absolute atomic E-state index is 9.69. The van der Waals surface area contributed by atoms with E-state index in [9.17, 15) is 15.3 Å². The summed E-state index contributed by atoms with van der Waals surface area (Å²) >= 11 is -0.773. The van der Waals surface area contributed by atoms with E-state index in [2.05, 4.69) is 11.4 Å². The quantitative estimate of drug-likeness (QED) is 0.433. The molecule has 0 amide bonds. The van der Waals surface area contributed by atoms with E-state index in [1.165, 1.54) is 0 Å². The zero-order valence-electron chi connectivity index (χ0n) is 8.65. The van der Waals surface area contributed by atoms with Crippen molar-refractivity contribution in [2.24, 2.45) is 0 Å². The van der Waals surface area contributed by atoms with Crippen LogP contribution in [0.25, 0.3) is 0 Å². The fraction of sp³-hybridized carbons (Fsp3) is 1.00. The fourth-order valence-electron chi connectivity index (χ4n) is 1.36. The molecule has 0 aromatic carbocycles. The van der Waals surface area contributed by atoms with E-state index in [0.29, 0.717) is 0 Å². The summed E-state index contributed by atoms with van der Waals surface area (Å²) in [4.78, 5) is 0. The van der Waals surface area contributed by atoms with Gasteiger partial charge in [0.2, 0.25) is 0 Å². The van der Waals surface area contributed by atoms with Gasteiger partial charge in [0.25, 0.3) is 0 Å². The van der Waals surface area contributed by atoms with Crippen molar-refractivity contribution in [3.05, 3.63) is 0 Å². The van der Waals surface area contributed by atoms with Crippen LogP contribution in [0.15, 0.2) is 0 Å². The summed E-state index contributed by atoms with van der Waals surface area (Å²) in [5, 5.41) is 37.3. The second-order valence-corrected chi connectivity index (χ2v) is 18.7. The molecule has 0 aliphatic carbocycles. The van der Waals surface area contributed by atoms with Crippen LogP contribution in [0, 0.1) is 0 Å². The van der Waals surface area contributed by atoms with Gasteiger partial charge in [0.15, 0.2) is 0 Å². The van der Waals surface area contributed by atoms with Crippen LogP contribution in [0.4, 0.5) is 0 Å². The van der Waals surface area contributed by atoms with Gasteiger partial charge in [-0.25, -0.2) is 0 Å². The van der Waals surface area contributed by atoms with Crippen molar-refractivity contribution in [3.8, 4) is 0 Å². The summed E-state index contributed by atoms with van der Waals surface area (Å²) in [5.74, 6) is 0. The van der Waals surface area contributed by atoms with E-state index in [4.69, 9.17) is 9.84 Å². The van der Waals surface area contributed by atoms with Crippen LogP contribution in [0.5, 0.6) is 0 Å². The van der Waals surface area contributed by atoms with Gasteiger partial charge >= 0.3 is 98.3 Å². The molecule has 0 bridgehead atoms. The van der Waals surface area contributed by atoms with Gasteiger partial charge in [0.1, 0.15) is 0 Å². The Kier molecular flexibility index (Phi) is 5.56. The molecule has 0 spiro atoms. The molecule has 1 saturated heterocycles. The van der Waals surface area contributed by atoms with Gasteiger partial charge < -0.3 is 0 Å². The van der Waals surface area contributed by atoms with Gasteiger partial charge in [-0.2, -0.15) is 0 Å². The average Bonchev–Trinajstić information content (AvgIpc) is 2.18. The van der Waals surface area contributed by atoms with Crippen LogP contribution < -0.4 is 0 Å². The molecule has 1 aliphatic heterocycles. The van der Waals surface area contributed by atoms with Crippen LogP contribution in [0.2, 0.25) is 11.4 Å². The maximum atomic E-state index is 9.69. The molecule has 5 nitrogen and oxygen atoms in total. The summed E-state index contributed by atoms with van der Waals surface area (Å²) in [6.45, 7) is -0.335. The molecule has 15 heavy (non-hydrogen) atoms.